The minimum absolute atomic E-state index is 0.391. The van der Waals surface area contributed by atoms with Crippen molar-refractivity contribution in [1.82, 2.24) is 14.9 Å². The first-order valence-corrected chi connectivity index (χ1v) is 6.23. The topological polar surface area (TPSA) is 38.2 Å². The number of hydrogen-bond donors (Lipinski definition) is 0. The molecule has 2 heterocycles. The second kappa shape index (κ2) is 6.12. The van der Waals surface area contributed by atoms with Gasteiger partial charge in [-0.1, -0.05) is 11.8 Å². The van der Waals surface area contributed by atoms with Gasteiger partial charge in [-0.25, -0.2) is 14.4 Å². The lowest BCUT2D eigenvalue weighted by Crippen LogP contribution is -2.37. The Labute approximate surface area is 98.2 Å². The van der Waals surface area contributed by atoms with Gasteiger partial charge < -0.3 is 4.74 Å². The van der Waals surface area contributed by atoms with E-state index in [-0.39, 0.29) is 0 Å². The normalized spacial score (nSPS) is 17.6. The Balaban J connectivity index is 1.69. The fraction of sp³-hybridized carbons (Fsp3) is 0.600. The molecule has 4 nitrogen and oxygen atoms in total. The van der Waals surface area contributed by atoms with Gasteiger partial charge in [0.2, 0.25) is 0 Å². The molecule has 0 aliphatic carbocycles. The second-order valence-corrected chi connectivity index (χ2v) is 4.55. The van der Waals surface area contributed by atoms with Crippen LogP contribution in [-0.4, -0.2) is 53.5 Å². The van der Waals surface area contributed by atoms with E-state index in [0.717, 1.165) is 38.6 Å². The summed E-state index contributed by atoms with van der Waals surface area (Å²) in [5.74, 6) is 0.531. The van der Waals surface area contributed by atoms with E-state index < -0.39 is 5.82 Å². The minimum Gasteiger partial charge on any atom is -0.379 e. The molecule has 0 N–H and O–H groups in total. The zero-order chi connectivity index (χ0) is 11.2. The van der Waals surface area contributed by atoms with Crippen molar-refractivity contribution < 1.29 is 9.13 Å². The quantitative estimate of drug-likeness (QED) is 0.583. The third-order valence-electron chi connectivity index (χ3n) is 2.34. The molecular formula is C10H14FN3OS. The van der Waals surface area contributed by atoms with Gasteiger partial charge in [-0.3, -0.25) is 4.90 Å². The highest BCUT2D eigenvalue weighted by Crippen LogP contribution is 2.12. The first kappa shape index (κ1) is 11.8. The molecule has 1 saturated heterocycles. The Morgan fingerprint density at radius 1 is 1.31 bits per heavy atom. The van der Waals surface area contributed by atoms with E-state index >= 15 is 0 Å². The van der Waals surface area contributed by atoms with Gasteiger partial charge in [0.25, 0.3) is 0 Å². The third kappa shape index (κ3) is 3.70. The summed E-state index contributed by atoms with van der Waals surface area (Å²) in [6.45, 7) is 4.61. The van der Waals surface area contributed by atoms with Crippen LogP contribution in [-0.2, 0) is 4.74 Å². The minimum atomic E-state index is -0.391. The van der Waals surface area contributed by atoms with Crippen molar-refractivity contribution in [2.24, 2.45) is 0 Å². The fourth-order valence-corrected chi connectivity index (χ4v) is 2.25. The Kier molecular flexibility index (Phi) is 4.50. The number of morpholine rings is 1. The summed E-state index contributed by atoms with van der Waals surface area (Å²) in [6, 6.07) is 0. The van der Waals surface area contributed by atoms with E-state index in [4.69, 9.17) is 4.74 Å². The van der Waals surface area contributed by atoms with Crippen molar-refractivity contribution in [2.45, 2.75) is 5.16 Å². The molecule has 2 rings (SSSR count). The third-order valence-corrected chi connectivity index (χ3v) is 3.19. The van der Waals surface area contributed by atoms with Gasteiger partial charge in [0.05, 0.1) is 25.6 Å². The molecule has 88 valence electrons. The van der Waals surface area contributed by atoms with Gasteiger partial charge >= 0.3 is 0 Å². The van der Waals surface area contributed by atoms with Crippen LogP contribution < -0.4 is 0 Å². The van der Waals surface area contributed by atoms with Crippen LogP contribution in [0, 0.1) is 5.82 Å². The molecule has 1 aliphatic rings. The van der Waals surface area contributed by atoms with Crippen molar-refractivity contribution in [2.75, 3.05) is 38.6 Å². The van der Waals surface area contributed by atoms with Crippen molar-refractivity contribution in [3.8, 4) is 0 Å². The summed E-state index contributed by atoms with van der Waals surface area (Å²) in [5.41, 5.74) is 0. The maximum atomic E-state index is 12.5. The summed E-state index contributed by atoms with van der Waals surface area (Å²) in [4.78, 5) is 10.1. The maximum Gasteiger partial charge on any atom is 0.187 e. The fourth-order valence-electron chi connectivity index (χ4n) is 1.47. The molecule has 0 aromatic carbocycles. The maximum absolute atomic E-state index is 12.5. The van der Waals surface area contributed by atoms with Crippen LogP contribution in [0.25, 0.3) is 0 Å². The van der Waals surface area contributed by atoms with Crippen LogP contribution in [0.1, 0.15) is 0 Å². The Morgan fingerprint density at radius 2 is 2.00 bits per heavy atom. The van der Waals surface area contributed by atoms with Crippen LogP contribution in [0.15, 0.2) is 17.6 Å². The highest BCUT2D eigenvalue weighted by atomic mass is 32.2. The standard InChI is InChI=1S/C10H14FN3OS/c11-9-7-12-10(13-8-9)16-6-3-14-1-4-15-5-2-14/h7-8H,1-6H2. The Morgan fingerprint density at radius 3 is 2.69 bits per heavy atom. The van der Waals surface area contributed by atoms with E-state index in [0.29, 0.717) is 5.16 Å². The zero-order valence-electron chi connectivity index (χ0n) is 8.93. The highest BCUT2D eigenvalue weighted by molar-refractivity contribution is 7.99. The van der Waals surface area contributed by atoms with Gasteiger partial charge in [0.1, 0.15) is 0 Å². The molecule has 0 radical (unpaired) electrons. The monoisotopic (exact) mass is 243 g/mol. The predicted molar refractivity (Wildman–Crippen MR) is 60.0 cm³/mol. The molecule has 1 aromatic heterocycles. The molecule has 0 spiro atoms. The van der Waals surface area contributed by atoms with E-state index in [1.165, 1.54) is 12.4 Å². The van der Waals surface area contributed by atoms with Gasteiger partial charge in [-0.05, 0) is 0 Å². The Hall–Kier alpha value is -0.720. The molecule has 0 bridgehead atoms. The van der Waals surface area contributed by atoms with Crippen molar-refractivity contribution in [3.63, 3.8) is 0 Å². The van der Waals surface area contributed by atoms with Gasteiger partial charge in [-0.2, -0.15) is 0 Å². The van der Waals surface area contributed by atoms with Crippen molar-refractivity contribution >= 4 is 11.8 Å². The van der Waals surface area contributed by atoms with Crippen LogP contribution >= 0.6 is 11.8 Å². The molecule has 1 aliphatic heterocycles. The second-order valence-electron chi connectivity index (χ2n) is 3.49. The summed E-state index contributed by atoms with van der Waals surface area (Å²) in [7, 11) is 0. The smallest absolute Gasteiger partial charge is 0.187 e. The number of nitrogens with zero attached hydrogens (tertiary/aromatic N) is 3. The SMILES string of the molecule is Fc1cnc(SCCN2CCOCC2)nc1. The molecule has 6 heteroatoms. The summed E-state index contributed by atoms with van der Waals surface area (Å²) in [5, 5.41) is 0.634. The predicted octanol–water partition coefficient (Wildman–Crippen LogP) is 1.04. The summed E-state index contributed by atoms with van der Waals surface area (Å²) >= 11 is 1.55. The first-order valence-electron chi connectivity index (χ1n) is 5.25. The molecule has 0 unspecified atom stereocenters. The van der Waals surface area contributed by atoms with Crippen LogP contribution in [0.3, 0.4) is 0 Å². The first-order chi connectivity index (χ1) is 7.84. The van der Waals surface area contributed by atoms with Gasteiger partial charge in [0, 0.05) is 25.4 Å². The van der Waals surface area contributed by atoms with Crippen LogP contribution in [0.5, 0.6) is 0 Å². The highest BCUT2D eigenvalue weighted by Gasteiger charge is 2.09. The molecule has 1 aromatic rings. The number of thioether (sulfide) groups is 1. The van der Waals surface area contributed by atoms with Crippen molar-refractivity contribution in [1.29, 1.82) is 0 Å². The molecule has 16 heavy (non-hydrogen) atoms. The van der Waals surface area contributed by atoms with Crippen LogP contribution in [0.4, 0.5) is 4.39 Å². The number of ether oxygens (including phenoxy) is 1. The summed E-state index contributed by atoms with van der Waals surface area (Å²) in [6.07, 6.45) is 2.40. The van der Waals surface area contributed by atoms with Crippen molar-refractivity contribution in [3.05, 3.63) is 18.2 Å². The van der Waals surface area contributed by atoms with E-state index in [1.54, 1.807) is 11.8 Å². The lowest BCUT2D eigenvalue weighted by molar-refractivity contribution is 0.0410. The molecule has 0 amide bonds. The van der Waals surface area contributed by atoms with Gasteiger partial charge in [0.15, 0.2) is 11.0 Å². The largest absolute Gasteiger partial charge is 0.379 e. The van der Waals surface area contributed by atoms with E-state index in [9.17, 15) is 4.39 Å². The Bertz CT molecular complexity index is 316. The average molecular weight is 243 g/mol. The number of hydrogen-bond acceptors (Lipinski definition) is 5. The molecular weight excluding hydrogens is 229 g/mol. The zero-order valence-corrected chi connectivity index (χ0v) is 9.75. The number of rotatable bonds is 4. The van der Waals surface area contributed by atoms with Crippen LogP contribution in [0.2, 0.25) is 0 Å². The number of aromatic nitrogens is 2. The summed E-state index contributed by atoms with van der Waals surface area (Å²) < 4.78 is 17.8. The lowest BCUT2D eigenvalue weighted by Gasteiger charge is -2.26. The molecule has 0 atom stereocenters. The van der Waals surface area contributed by atoms with Gasteiger partial charge in [-0.15, -0.1) is 0 Å². The molecule has 0 saturated carbocycles. The number of halogens is 1. The lowest BCUT2D eigenvalue weighted by atomic mass is 10.4. The molecule has 1 fully saturated rings. The van der Waals surface area contributed by atoms with E-state index in [1.807, 2.05) is 0 Å². The average Bonchev–Trinajstić information content (AvgIpc) is 2.33. The van der Waals surface area contributed by atoms with E-state index in [2.05, 4.69) is 14.9 Å².